The van der Waals surface area contributed by atoms with Crippen LogP contribution in [0.4, 0.5) is 5.82 Å². The van der Waals surface area contributed by atoms with Gasteiger partial charge in [-0.15, -0.1) is 0 Å². The predicted octanol–water partition coefficient (Wildman–Crippen LogP) is 1.57. The third-order valence-corrected chi connectivity index (χ3v) is 2.29. The number of carbonyl (C=O) groups is 1. The number of amides is 1. The Morgan fingerprint density at radius 1 is 1.50 bits per heavy atom. The molecule has 0 aliphatic rings. The minimum absolute atomic E-state index is 0.000880. The zero-order valence-corrected chi connectivity index (χ0v) is 10.1. The number of rotatable bonds is 5. The van der Waals surface area contributed by atoms with E-state index < -0.39 is 0 Å². The number of anilines is 1. The summed E-state index contributed by atoms with van der Waals surface area (Å²) in [5, 5.41) is 5.95. The number of aryl methyl sites for hydroxylation is 1. The van der Waals surface area contributed by atoms with E-state index in [-0.39, 0.29) is 11.8 Å². The van der Waals surface area contributed by atoms with Crippen LogP contribution in [0.1, 0.15) is 19.5 Å². The highest BCUT2D eigenvalue weighted by Gasteiger charge is 2.12. The average molecular weight is 221 g/mol. The van der Waals surface area contributed by atoms with Crippen LogP contribution in [0.2, 0.25) is 0 Å². The fraction of sp³-hybridized carbons (Fsp3) is 0.500. The van der Waals surface area contributed by atoms with Crippen molar-refractivity contribution >= 4 is 11.7 Å². The molecular formula is C12H19N3O. The minimum atomic E-state index is -0.0535. The molecule has 0 saturated heterocycles. The number of aromatic nitrogens is 1. The normalized spacial score (nSPS) is 12.2. The SMILES string of the molecule is CCNCC(C)C(=O)Nc1cccc(C)n1. The summed E-state index contributed by atoms with van der Waals surface area (Å²) in [7, 11) is 0. The van der Waals surface area contributed by atoms with E-state index in [9.17, 15) is 4.79 Å². The molecule has 1 aromatic heterocycles. The Morgan fingerprint density at radius 3 is 2.88 bits per heavy atom. The van der Waals surface area contributed by atoms with Crippen LogP contribution in [0.3, 0.4) is 0 Å². The van der Waals surface area contributed by atoms with Gasteiger partial charge in [0.05, 0.1) is 0 Å². The summed E-state index contributed by atoms with van der Waals surface area (Å²) in [5.41, 5.74) is 0.900. The lowest BCUT2D eigenvalue weighted by Gasteiger charge is -2.12. The fourth-order valence-electron chi connectivity index (χ4n) is 1.32. The van der Waals surface area contributed by atoms with Crippen molar-refractivity contribution in [2.24, 2.45) is 5.92 Å². The number of pyridine rings is 1. The summed E-state index contributed by atoms with van der Waals surface area (Å²) in [6.07, 6.45) is 0. The Labute approximate surface area is 96.5 Å². The highest BCUT2D eigenvalue weighted by atomic mass is 16.1. The number of nitrogens with zero attached hydrogens (tertiary/aromatic N) is 1. The summed E-state index contributed by atoms with van der Waals surface area (Å²) in [5.74, 6) is 0.565. The van der Waals surface area contributed by atoms with E-state index in [1.165, 1.54) is 0 Å². The lowest BCUT2D eigenvalue weighted by atomic mass is 10.1. The van der Waals surface area contributed by atoms with Crippen molar-refractivity contribution in [3.8, 4) is 0 Å². The van der Waals surface area contributed by atoms with Crippen LogP contribution in [-0.2, 0) is 4.79 Å². The van der Waals surface area contributed by atoms with Gasteiger partial charge in [0.25, 0.3) is 0 Å². The van der Waals surface area contributed by atoms with Gasteiger partial charge in [0.15, 0.2) is 0 Å². The van der Waals surface area contributed by atoms with Gasteiger partial charge in [0.1, 0.15) is 5.82 Å². The molecule has 4 nitrogen and oxygen atoms in total. The molecule has 1 amide bonds. The molecule has 0 spiro atoms. The molecule has 0 aliphatic heterocycles. The van der Waals surface area contributed by atoms with E-state index in [4.69, 9.17) is 0 Å². The Hall–Kier alpha value is -1.42. The number of nitrogens with one attached hydrogen (secondary N) is 2. The molecule has 0 aliphatic carbocycles. The quantitative estimate of drug-likeness (QED) is 0.793. The lowest BCUT2D eigenvalue weighted by molar-refractivity contribution is -0.119. The van der Waals surface area contributed by atoms with Gasteiger partial charge in [-0.25, -0.2) is 4.98 Å². The van der Waals surface area contributed by atoms with Crippen LogP contribution in [-0.4, -0.2) is 24.0 Å². The molecule has 0 fully saturated rings. The van der Waals surface area contributed by atoms with E-state index in [1.807, 2.05) is 32.9 Å². The molecular weight excluding hydrogens is 202 g/mol. The zero-order valence-electron chi connectivity index (χ0n) is 10.1. The molecule has 4 heteroatoms. The van der Waals surface area contributed by atoms with Gasteiger partial charge in [-0.1, -0.05) is 19.9 Å². The molecule has 0 saturated carbocycles. The van der Waals surface area contributed by atoms with Gasteiger partial charge in [-0.05, 0) is 25.6 Å². The van der Waals surface area contributed by atoms with E-state index in [0.29, 0.717) is 12.4 Å². The van der Waals surface area contributed by atoms with E-state index >= 15 is 0 Å². The van der Waals surface area contributed by atoms with E-state index in [2.05, 4.69) is 15.6 Å². The van der Waals surface area contributed by atoms with Crippen LogP contribution < -0.4 is 10.6 Å². The lowest BCUT2D eigenvalue weighted by Crippen LogP contribution is -2.30. The summed E-state index contributed by atoms with van der Waals surface area (Å²) in [6, 6.07) is 5.58. The third-order valence-electron chi connectivity index (χ3n) is 2.29. The van der Waals surface area contributed by atoms with E-state index in [0.717, 1.165) is 12.2 Å². The Bertz CT molecular complexity index is 352. The Morgan fingerprint density at radius 2 is 2.25 bits per heavy atom. The molecule has 2 N–H and O–H groups in total. The fourth-order valence-corrected chi connectivity index (χ4v) is 1.32. The minimum Gasteiger partial charge on any atom is -0.316 e. The molecule has 88 valence electrons. The molecule has 1 aromatic rings. The Balaban J connectivity index is 2.50. The third kappa shape index (κ3) is 3.98. The van der Waals surface area contributed by atoms with Crippen molar-refractivity contribution in [3.05, 3.63) is 23.9 Å². The summed E-state index contributed by atoms with van der Waals surface area (Å²) >= 11 is 0. The highest BCUT2D eigenvalue weighted by Crippen LogP contribution is 2.06. The first kappa shape index (κ1) is 12.6. The first-order valence-corrected chi connectivity index (χ1v) is 5.58. The molecule has 1 unspecified atom stereocenters. The van der Waals surface area contributed by atoms with Crippen molar-refractivity contribution in [2.45, 2.75) is 20.8 Å². The van der Waals surface area contributed by atoms with Gasteiger partial charge in [-0.3, -0.25) is 4.79 Å². The van der Waals surface area contributed by atoms with Crippen molar-refractivity contribution < 1.29 is 4.79 Å². The standard InChI is InChI=1S/C12H19N3O/c1-4-13-8-9(2)12(16)15-11-7-5-6-10(3)14-11/h5-7,9,13H,4,8H2,1-3H3,(H,14,15,16). The number of carbonyl (C=O) groups excluding carboxylic acids is 1. The summed E-state index contributed by atoms with van der Waals surface area (Å²) in [6.45, 7) is 7.38. The smallest absolute Gasteiger partial charge is 0.229 e. The predicted molar refractivity (Wildman–Crippen MR) is 65.3 cm³/mol. The van der Waals surface area contributed by atoms with Crippen LogP contribution >= 0.6 is 0 Å². The second-order valence-electron chi connectivity index (χ2n) is 3.86. The topological polar surface area (TPSA) is 54.0 Å². The maximum Gasteiger partial charge on any atom is 0.229 e. The molecule has 1 rings (SSSR count). The molecule has 0 radical (unpaired) electrons. The van der Waals surface area contributed by atoms with Crippen LogP contribution in [0.5, 0.6) is 0 Å². The summed E-state index contributed by atoms with van der Waals surface area (Å²) < 4.78 is 0. The molecule has 16 heavy (non-hydrogen) atoms. The monoisotopic (exact) mass is 221 g/mol. The van der Waals surface area contributed by atoms with Crippen molar-refractivity contribution in [3.63, 3.8) is 0 Å². The van der Waals surface area contributed by atoms with E-state index in [1.54, 1.807) is 6.07 Å². The first-order valence-electron chi connectivity index (χ1n) is 5.58. The summed E-state index contributed by atoms with van der Waals surface area (Å²) in [4.78, 5) is 16.0. The van der Waals surface area contributed by atoms with Gasteiger partial charge in [0, 0.05) is 18.2 Å². The molecule has 0 aromatic carbocycles. The van der Waals surface area contributed by atoms with Crippen LogP contribution in [0.25, 0.3) is 0 Å². The molecule has 1 atom stereocenters. The average Bonchev–Trinajstić information content (AvgIpc) is 2.25. The van der Waals surface area contributed by atoms with Crippen LogP contribution in [0.15, 0.2) is 18.2 Å². The highest BCUT2D eigenvalue weighted by molar-refractivity contribution is 5.91. The second kappa shape index (κ2) is 6.23. The van der Waals surface area contributed by atoms with Crippen LogP contribution in [0, 0.1) is 12.8 Å². The molecule has 1 heterocycles. The second-order valence-corrected chi connectivity index (χ2v) is 3.86. The van der Waals surface area contributed by atoms with Gasteiger partial charge < -0.3 is 10.6 Å². The van der Waals surface area contributed by atoms with Crippen molar-refractivity contribution in [2.75, 3.05) is 18.4 Å². The van der Waals surface area contributed by atoms with Gasteiger partial charge >= 0.3 is 0 Å². The maximum atomic E-state index is 11.7. The Kier molecular flexibility index (Phi) is 4.92. The maximum absolute atomic E-state index is 11.7. The van der Waals surface area contributed by atoms with Crippen molar-refractivity contribution in [1.29, 1.82) is 0 Å². The van der Waals surface area contributed by atoms with Crippen molar-refractivity contribution in [1.82, 2.24) is 10.3 Å². The zero-order chi connectivity index (χ0) is 12.0. The number of hydrogen-bond acceptors (Lipinski definition) is 3. The van der Waals surface area contributed by atoms with Gasteiger partial charge in [-0.2, -0.15) is 0 Å². The first-order chi connectivity index (χ1) is 7.63. The molecule has 0 bridgehead atoms. The van der Waals surface area contributed by atoms with Gasteiger partial charge in [0.2, 0.25) is 5.91 Å². The number of hydrogen-bond donors (Lipinski definition) is 2. The largest absolute Gasteiger partial charge is 0.316 e.